The van der Waals surface area contributed by atoms with E-state index in [4.69, 9.17) is 9.26 Å². The van der Waals surface area contributed by atoms with Crippen molar-refractivity contribution >= 4 is 0 Å². The Bertz CT molecular complexity index is 381. The van der Waals surface area contributed by atoms with E-state index in [1.807, 2.05) is 0 Å². The van der Waals surface area contributed by atoms with Gasteiger partial charge >= 0.3 is 0 Å². The molecule has 0 bridgehead atoms. The highest BCUT2D eigenvalue weighted by Crippen LogP contribution is 2.40. The van der Waals surface area contributed by atoms with Gasteiger partial charge in [0.1, 0.15) is 5.60 Å². The van der Waals surface area contributed by atoms with E-state index in [9.17, 15) is 5.11 Å². The van der Waals surface area contributed by atoms with Crippen molar-refractivity contribution in [2.45, 2.75) is 57.7 Å². The van der Waals surface area contributed by atoms with Crippen LogP contribution in [0.4, 0.5) is 0 Å². The van der Waals surface area contributed by atoms with Crippen molar-refractivity contribution in [2.24, 2.45) is 5.92 Å². The Kier molecular flexibility index (Phi) is 4.02. The van der Waals surface area contributed by atoms with E-state index in [1.165, 1.54) is 0 Å². The summed E-state index contributed by atoms with van der Waals surface area (Å²) in [6.45, 7) is 3.97. The Morgan fingerprint density at radius 1 is 1.50 bits per heavy atom. The SMILES string of the molecule is COC1(c2noc(CC(C)O)n2)CCC(C)CC1. The minimum absolute atomic E-state index is 0.392. The van der Waals surface area contributed by atoms with E-state index in [0.29, 0.717) is 18.1 Å². The molecule has 0 spiro atoms. The lowest BCUT2D eigenvalue weighted by molar-refractivity contribution is -0.0609. The summed E-state index contributed by atoms with van der Waals surface area (Å²) in [7, 11) is 1.71. The van der Waals surface area contributed by atoms with Crippen LogP contribution < -0.4 is 0 Å². The topological polar surface area (TPSA) is 68.4 Å². The zero-order chi connectivity index (χ0) is 13.2. The number of aromatic nitrogens is 2. The lowest BCUT2D eigenvalue weighted by Gasteiger charge is -2.35. The normalized spacial score (nSPS) is 30.3. The Hall–Kier alpha value is -0.940. The maximum absolute atomic E-state index is 9.32. The van der Waals surface area contributed by atoms with E-state index in [0.717, 1.165) is 31.6 Å². The molecule has 18 heavy (non-hydrogen) atoms. The van der Waals surface area contributed by atoms with Crippen LogP contribution in [0.15, 0.2) is 4.52 Å². The number of nitrogens with zero attached hydrogens (tertiary/aromatic N) is 2. The van der Waals surface area contributed by atoms with Crippen LogP contribution in [0.1, 0.15) is 51.2 Å². The highest BCUT2D eigenvalue weighted by molar-refractivity contribution is 5.04. The van der Waals surface area contributed by atoms with Crippen LogP contribution >= 0.6 is 0 Å². The summed E-state index contributed by atoms with van der Waals surface area (Å²) in [6.07, 6.45) is 4.02. The number of hydrogen-bond acceptors (Lipinski definition) is 5. The van der Waals surface area contributed by atoms with Gasteiger partial charge in [-0.15, -0.1) is 0 Å². The molecule has 5 nitrogen and oxygen atoms in total. The first kappa shape index (κ1) is 13.5. The molecule has 1 atom stereocenters. The summed E-state index contributed by atoms with van der Waals surface area (Å²) >= 11 is 0. The summed E-state index contributed by atoms with van der Waals surface area (Å²) < 4.78 is 10.9. The van der Waals surface area contributed by atoms with Crippen molar-refractivity contribution in [3.05, 3.63) is 11.7 Å². The smallest absolute Gasteiger partial charge is 0.229 e. The number of methoxy groups -OCH3 is 1. The summed E-state index contributed by atoms with van der Waals surface area (Å²) in [4.78, 5) is 4.38. The van der Waals surface area contributed by atoms with E-state index < -0.39 is 11.7 Å². The van der Waals surface area contributed by atoms with Gasteiger partial charge in [-0.25, -0.2) is 0 Å². The van der Waals surface area contributed by atoms with Gasteiger partial charge in [-0.3, -0.25) is 0 Å². The van der Waals surface area contributed by atoms with Gasteiger partial charge in [-0.05, 0) is 38.5 Å². The van der Waals surface area contributed by atoms with Gasteiger partial charge in [0, 0.05) is 7.11 Å². The number of rotatable bonds is 4. The van der Waals surface area contributed by atoms with Gasteiger partial charge < -0.3 is 14.4 Å². The van der Waals surface area contributed by atoms with Gasteiger partial charge in [0.05, 0.1) is 12.5 Å². The molecule has 1 aromatic heterocycles. The molecule has 1 aliphatic rings. The Morgan fingerprint density at radius 2 is 2.17 bits per heavy atom. The molecule has 1 aromatic rings. The molecule has 0 amide bonds. The van der Waals surface area contributed by atoms with Crippen LogP contribution in [0.3, 0.4) is 0 Å². The monoisotopic (exact) mass is 254 g/mol. The molecule has 1 fully saturated rings. The molecule has 2 rings (SSSR count). The second-order valence-corrected chi connectivity index (χ2v) is 5.45. The van der Waals surface area contributed by atoms with E-state index in [1.54, 1.807) is 14.0 Å². The summed E-state index contributed by atoms with van der Waals surface area (Å²) in [5, 5.41) is 13.4. The van der Waals surface area contributed by atoms with Crippen molar-refractivity contribution in [2.75, 3.05) is 7.11 Å². The molecule has 1 unspecified atom stereocenters. The Labute approximate surface area is 108 Å². The molecule has 102 valence electrons. The first-order valence-electron chi connectivity index (χ1n) is 6.62. The molecule has 1 aliphatic carbocycles. The zero-order valence-corrected chi connectivity index (χ0v) is 11.3. The molecule has 1 N–H and O–H groups in total. The van der Waals surface area contributed by atoms with Gasteiger partial charge in [0.2, 0.25) is 11.7 Å². The van der Waals surface area contributed by atoms with Gasteiger partial charge in [0.25, 0.3) is 0 Å². The maximum Gasteiger partial charge on any atom is 0.229 e. The second kappa shape index (κ2) is 5.36. The van der Waals surface area contributed by atoms with Gasteiger partial charge in [0.15, 0.2) is 0 Å². The number of hydrogen-bond donors (Lipinski definition) is 1. The highest BCUT2D eigenvalue weighted by Gasteiger charge is 2.40. The fourth-order valence-corrected chi connectivity index (χ4v) is 2.52. The van der Waals surface area contributed by atoms with Crippen LogP contribution in [0, 0.1) is 5.92 Å². The zero-order valence-electron chi connectivity index (χ0n) is 11.3. The highest BCUT2D eigenvalue weighted by atomic mass is 16.5. The lowest BCUT2D eigenvalue weighted by Crippen LogP contribution is -2.34. The van der Waals surface area contributed by atoms with Crippen molar-refractivity contribution in [3.63, 3.8) is 0 Å². The minimum atomic E-state index is -0.469. The molecule has 0 saturated heterocycles. The van der Waals surface area contributed by atoms with Crippen molar-refractivity contribution < 1.29 is 14.4 Å². The minimum Gasteiger partial charge on any atom is -0.393 e. The van der Waals surface area contributed by atoms with E-state index in [-0.39, 0.29) is 0 Å². The molecule has 1 saturated carbocycles. The Morgan fingerprint density at radius 3 is 2.72 bits per heavy atom. The molecule has 0 aromatic carbocycles. The standard InChI is InChI=1S/C13H22N2O3/c1-9-4-6-13(17-3,7-5-9)12-14-11(18-15-12)8-10(2)16/h9-10,16H,4-8H2,1-3H3. The average Bonchev–Trinajstić information content (AvgIpc) is 2.79. The number of aliphatic hydroxyl groups excluding tert-OH is 1. The van der Waals surface area contributed by atoms with Crippen molar-refractivity contribution in [3.8, 4) is 0 Å². The van der Waals surface area contributed by atoms with E-state index in [2.05, 4.69) is 17.1 Å². The molecule has 1 heterocycles. The summed E-state index contributed by atoms with van der Waals surface area (Å²) in [5.41, 5.74) is -0.396. The van der Waals surface area contributed by atoms with Crippen LogP contribution in [0.25, 0.3) is 0 Å². The van der Waals surface area contributed by atoms with Crippen molar-refractivity contribution in [1.82, 2.24) is 10.1 Å². The molecule has 0 aliphatic heterocycles. The third-order valence-electron chi connectivity index (χ3n) is 3.82. The third-order valence-corrected chi connectivity index (χ3v) is 3.82. The molecular weight excluding hydrogens is 232 g/mol. The van der Waals surface area contributed by atoms with Crippen LogP contribution in [-0.4, -0.2) is 28.5 Å². The van der Waals surface area contributed by atoms with Gasteiger partial charge in [-0.1, -0.05) is 12.1 Å². The first-order valence-corrected chi connectivity index (χ1v) is 6.62. The predicted octanol–water partition coefficient (Wildman–Crippen LogP) is 2.04. The number of ether oxygens (including phenoxy) is 1. The predicted molar refractivity (Wildman–Crippen MR) is 66.0 cm³/mol. The largest absolute Gasteiger partial charge is 0.393 e. The molecular formula is C13H22N2O3. The average molecular weight is 254 g/mol. The van der Waals surface area contributed by atoms with Crippen LogP contribution in [0.5, 0.6) is 0 Å². The van der Waals surface area contributed by atoms with Crippen LogP contribution in [0.2, 0.25) is 0 Å². The van der Waals surface area contributed by atoms with Crippen molar-refractivity contribution in [1.29, 1.82) is 0 Å². The summed E-state index contributed by atoms with van der Waals surface area (Å²) in [5.74, 6) is 1.85. The maximum atomic E-state index is 9.32. The van der Waals surface area contributed by atoms with E-state index >= 15 is 0 Å². The second-order valence-electron chi connectivity index (χ2n) is 5.45. The summed E-state index contributed by atoms with van der Waals surface area (Å²) in [6, 6.07) is 0. The fourth-order valence-electron chi connectivity index (χ4n) is 2.52. The first-order chi connectivity index (χ1) is 8.55. The quantitative estimate of drug-likeness (QED) is 0.890. The molecule has 5 heteroatoms. The van der Waals surface area contributed by atoms with Gasteiger partial charge in [-0.2, -0.15) is 4.98 Å². The third kappa shape index (κ3) is 2.72. The number of aliphatic hydroxyl groups is 1. The van der Waals surface area contributed by atoms with Crippen LogP contribution in [-0.2, 0) is 16.8 Å². The lowest BCUT2D eigenvalue weighted by atomic mass is 9.79. The molecule has 0 radical (unpaired) electrons. The fraction of sp³-hybridized carbons (Fsp3) is 0.846. The Balaban J connectivity index is 2.14.